The summed E-state index contributed by atoms with van der Waals surface area (Å²) in [4.78, 5) is 40.5. The Balaban J connectivity index is 1.47. The Morgan fingerprint density at radius 1 is 1.17 bits per heavy atom. The lowest BCUT2D eigenvalue weighted by molar-refractivity contribution is -0.136. The fraction of sp³-hybridized carbons (Fsp3) is 0.550. The summed E-state index contributed by atoms with van der Waals surface area (Å²) in [6.07, 6.45) is 0.872. The van der Waals surface area contributed by atoms with Crippen molar-refractivity contribution < 1.29 is 22.8 Å². The fourth-order valence-corrected chi connectivity index (χ4v) is 4.87. The molecule has 0 radical (unpaired) electrons. The van der Waals surface area contributed by atoms with Gasteiger partial charge in [-0.3, -0.25) is 14.4 Å². The highest BCUT2D eigenvalue weighted by molar-refractivity contribution is 7.91. The molecule has 0 aliphatic carbocycles. The van der Waals surface area contributed by atoms with E-state index in [9.17, 15) is 22.8 Å². The standard InChI is InChI=1S/C20H27N3O5S/c1-15(20(26)22-9-11-29(27,28)12-10-22)21-19(25)17-13-18(24)23(14-17)8-7-16-5-3-2-4-6-16/h2-6,15,17H,7-14H2,1H3,(H,21,25). The van der Waals surface area contributed by atoms with Crippen LogP contribution in [0, 0.1) is 5.92 Å². The molecule has 2 aliphatic heterocycles. The molecule has 0 bridgehead atoms. The zero-order chi connectivity index (χ0) is 21.0. The third kappa shape index (κ3) is 5.56. The molecule has 8 nitrogen and oxygen atoms in total. The van der Waals surface area contributed by atoms with Crippen molar-refractivity contribution in [2.45, 2.75) is 25.8 Å². The van der Waals surface area contributed by atoms with Gasteiger partial charge < -0.3 is 15.1 Å². The van der Waals surface area contributed by atoms with E-state index in [0.717, 1.165) is 12.0 Å². The van der Waals surface area contributed by atoms with Gasteiger partial charge in [0, 0.05) is 32.6 Å². The summed E-state index contributed by atoms with van der Waals surface area (Å²) < 4.78 is 23.0. The molecule has 0 spiro atoms. The quantitative estimate of drug-likeness (QED) is 0.687. The first-order valence-electron chi connectivity index (χ1n) is 9.86. The number of benzene rings is 1. The van der Waals surface area contributed by atoms with Crippen molar-refractivity contribution in [1.29, 1.82) is 0 Å². The summed E-state index contributed by atoms with van der Waals surface area (Å²) in [7, 11) is -3.07. The molecule has 1 aromatic rings. The number of nitrogens with one attached hydrogen (secondary N) is 1. The van der Waals surface area contributed by atoms with E-state index in [-0.39, 0.29) is 48.7 Å². The van der Waals surface area contributed by atoms with Crippen molar-refractivity contribution >= 4 is 27.6 Å². The Morgan fingerprint density at radius 3 is 2.48 bits per heavy atom. The van der Waals surface area contributed by atoms with Gasteiger partial charge in [0.1, 0.15) is 6.04 Å². The molecule has 2 aliphatic rings. The minimum atomic E-state index is -3.07. The first-order chi connectivity index (χ1) is 13.7. The van der Waals surface area contributed by atoms with E-state index in [1.54, 1.807) is 11.8 Å². The van der Waals surface area contributed by atoms with Crippen molar-refractivity contribution in [3.63, 3.8) is 0 Å². The summed E-state index contributed by atoms with van der Waals surface area (Å²) in [5, 5.41) is 2.70. The lowest BCUT2D eigenvalue weighted by atomic mass is 10.1. The van der Waals surface area contributed by atoms with Gasteiger partial charge in [-0.25, -0.2) is 8.42 Å². The van der Waals surface area contributed by atoms with Crippen LogP contribution in [0.1, 0.15) is 18.9 Å². The van der Waals surface area contributed by atoms with Gasteiger partial charge >= 0.3 is 0 Å². The maximum Gasteiger partial charge on any atom is 0.244 e. The minimum Gasteiger partial charge on any atom is -0.344 e. The normalized spacial score (nSPS) is 22.4. The number of likely N-dealkylation sites (tertiary alicyclic amines) is 1. The molecule has 158 valence electrons. The molecule has 9 heteroatoms. The average molecular weight is 422 g/mol. The molecular weight excluding hydrogens is 394 g/mol. The highest BCUT2D eigenvalue weighted by Gasteiger charge is 2.36. The summed E-state index contributed by atoms with van der Waals surface area (Å²) in [5.41, 5.74) is 1.14. The summed E-state index contributed by atoms with van der Waals surface area (Å²) in [6.45, 7) is 2.80. The Bertz CT molecular complexity index is 857. The fourth-order valence-electron chi connectivity index (χ4n) is 3.67. The number of sulfone groups is 1. The van der Waals surface area contributed by atoms with Crippen LogP contribution in [0.2, 0.25) is 0 Å². The molecule has 2 atom stereocenters. The van der Waals surface area contributed by atoms with E-state index in [1.165, 1.54) is 4.90 Å². The number of carbonyl (C=O) groups excluding carboxylic acids is 3. The number of rotatable bonds is 6. The summed E-state index contributed by atoms with van der Waals surface area (Å²) >= 11 is 0. The number of nitrogens with zero attached hydrogens (tertiary/aromatic N) is 2. The van der Waals surface area contributed by atoms with Crippen LogP contribution in [-0.4, -0.2) is 79.7 Å². The van der Waals surface area contributed by atoms with Gasteiger partial charge in [0.2, 0.25) is 17.7 Å². The predicted octanol–water partition coefficient (Wildman–Crippen LogP) is -0.161. The van der Waals surface area contributed by atoms with Crippen molar-refractivity contribution in [1.82, 2.24) is 15.1 Å². The van der Waals surface area contributed by atoms with Gasteiger partial charge in [-0.05, 0) is 18.9 Å². The van der Waals surface area contributed by atoms with E-state index < -0.39 is 21.8 Å². The predicted molar refractivity (Wildman–Crippen MR) is 108 cm³/mol. The van der Waals surface area contributed by atoms with Crippen molar-refractivity contribution in [3.05, 3.63) is 35.9 Å². The van der Waals surface area contributed by atoms with Crippen LogP contribution in [0.25, 0.3) is 0 Å². The van der Waals surface area contributed by atoms with Crippen LogP contribution in [0.3, 0.4) is 0 Å². The zero-order valence-corrected chi connectivity index (χ0v) is 17.4. The molecule has 0 saturated carbocycles. The highest BCUT2D eigenvalue weighted by Crippen LogP contribution is 2.19. The Morgan fingerprint density at radius 2 is 1.83 bits per heavy atom. The molecule has 3 amide bonds. The van der Waals surface area contributed by atoms with Gasteiger partial charge in [0.05, 0.1) is 17.4 Å². The minimum absolute atomic E-state index is 0.0487. The number of amides is 3. The molecule has 2 heterocycles. The average Bonchev–Trinajstić information content (AvgIpc) is 3.07. The number of hydrogen-bond donors (Lipinski definition) is 1. The van der Waals surface area contributed by atoms with Crippen molar-refractivity contribution in [2.24, 2.45) is 5.92 Å². The first-order valence-corrected chi connectivity index (χ1v) is 11.7. The van der Waals surface area contributed by atoms with Gasteiger partial charge in [0.15, 0.2) is 9.84 Å². The van der Waals surface area contributed by atoms with E-state index in [0.29, 0.717) is 13.1 Å². The molecule has 2 saturated heterocycles. The molecule has 3 rings (SSSR count). The second-order valence-electron chi connectivity index (χ2n) is 7.68. The molecular formula is C20H27N3O5S. The number of carbonyl (C=O) groups is 3. The molecule has 2 fully saturated rings. The molecule has 2 unspecified atom stereocenters. The van der Waals surface area contributed by atoms with Gasteiger partial charge in [0.25, 0.3) is 0 Å². The van der Waals surface area contributed by atoms with Gasteiger partial charge in [-0.1, -0.05) is 30.3 Å². The van der Waals surface area contributed by atoms with Gasteiger partial charge in [-0.15, -0.1) is 0 Å². The second kappa shape index (κ2) is 8.94. The molecule has 1 N–H and O–H groups in total. The van der Waals surface area contributed by atoms with E-state index in [2.05, 4.69) is 5.32 Å². The van der Waals surface area contributed by atoms with Crippen LogP contribution in [0.15, 0.2) is 30.3 Å². The maximum atomic E-state index is 12.6. The SMILES string of the molecule is CC(NC(=O)C1CC(=O)N(CCc2ccccc2)C1)C(=O)N1CCS(=O)(=O)CC1. The van der Waals surface area contributed by atoms with Crippen LogP contribution in [0.4, 0.5) is 0 Å². The topological polar surface area (TPSA) is 104 Å². The zero-order valence-electron chi connectivity index (χ0n) is 16.5. The van der Waals surface area contributed by atoms with Crippen LogP contribution < -0.4 is 5.32 Å². The van der Waals surface area contributed by atoms with E-state index in [4.69, 9.17) is 0 Å². The van der Waals surface area contributed by atoms with Crippen LogP contribution >= 0.6 is 0 Å². The Hall–Kier alpha value is -2.42. The molecule has 1 aromatic carbocycles. The largest absolute Gasteiger partial charge is 0.344 e. The van der Waals surface area contributed by atoms with Crippen molar-refractivity contribution in [2.75, 3.05) is 37.7 Å². The molecule has 29 heavy (non-hydrogen) atoms. The van der Waals surface area contributed by atoms with Crippen LogP contribution in [0.5, 0.6) is 0 Å². The third-order valence-electron chi connectivity index (χ3n) is 5.48. The Labute approximate surface area is 171 Å². The third-order valence-corrected chi connectivity index (χ3v) is 7.09. The maximum absolute atomic E-state index is 12.6. The van der Waals surface area contributed by atoms with Crippen molar-refractivity contribution in [3.8, 4) is 0 Å². The molecule has 0 aromatic heterocycles. The van der Waals surface area contributed by atoms with Gasteiger partial charge in [-0.2, -0.15) is 0 Å². The highest BCUT2D eigenvalue weighted by atomic mass is 32.2. The smallest absolute Gasteiger partial charge is 0.244 e. The Kier molecular flexibility index (Phi) is 6.56. The second-order valence-corrected chi connectivity index (χ2v) is 9.99. The summed E-state index contributed by atoms with van der Waals surface area (Å²) in [5.74, 6) is -1.24. The lowest BCUT2D eigenvalue weighted by Crippen LogP contribution is -2.52. The summed E-state index contributed by atoms with van der Waals surface area (Å²) in [6, 6.07) is 9.10. The number of hydrogen-bond acceptors (Lipinski definition) is 5. The first kappa shape index (κ1) is 21.3. The van der Waals surface area contributed by atoms with E-state index >= 15 is 0 Å². The van der Waals surface area contributed by atoms with Crippen LogP contribution in [-0.2, 0) is 30.6 Å². The lowest BCUT2D eigenvalue weighted by Gasteiger charge is -2.29. The monoisotopic (exact) mass is 421 g/mol. The van der Waals surface area contributed by atoms with E-state index in [1.807, 2.05) is 30.3 Å².